The number of unbranched alkanes of at least 4 members (excludes halogenated alkanes) is 6. The van der Waals surface area contributed by atoms with E-state index in [1.54, 1.807) is 0 Å². The Balaban J connectivity index is 3.27. The summed E-state index contributed by atoms with van der Waals surface area (Å²) in [5.74, 6) is -0.0389. The fourth-order valence-electron chi connectivity index (χ4n) is 1.94. The van der Waals surface area contributed by atoms with Crippen LogP contribution in [0.15, 0.2) is 0 Å². The summed E-state index contributed by atoms with van der Waals surface area (Å²) < 4.78 is 5.30. The van der Waals surface area contributed by atoms with Gasteiger partial charge in [0.05, 0.1) is 6.10 Å². The Labute approximate surface area is 107 Å². The van der Waals surface area contributed by atoms with Crippen LogP contribution in [0.4, 0.5) is 0 Å². The second kappa shape index (κ2) is 11.9. The van der Waals surface area contributed by atoms with Gasteiger partial charge in [-0.2, -0.15) is 0 Å². The molecule has 0 N–H and O–H groups in total. The largest absolute Gasteiger partial charge is 0.463 e. The highest BCUT2D eigenvalue weighted by molar-refractivity contribution is 5.69. The van der Waals surface area contributed by atoms with Crippen LogP contribution in [0.1, 0.15) is 85.0 Å². The lowest BCUT2D eigenvalue weighted by atomic mass is 10.1. The summed E-state index contributed by atoms with van der Waals surface area (Å²) in [6.07, 6.45) is 11.8. The number of esters is 1. The highest BCUT2D eigenvalue weighted by atomic mass is 16.5. The second-order valence-electron chi connectivity index (χ2n) is 4.96. The van der Waals surface area contributed by atoms with Crippen molar-refractivity contribution in [1.29, 1.82) is 0 Å². The first-order chi connectivity index (χ1) is 8.20. The minimum atomic E-state index is -0.0389. The van der Waals surface area contributed by atoms with Crippen LogP contribution in [-0.4, -0.2) is 12.1 Å². The third kappa shape index (κ3) is 11.7. The monoisotopic (exact) mass is 242 g/mol. The molecule has 17 heavy (non-hydrogen) atoms. The molecule has 1 atom stereocenters. The van der Waals surface area contributed by atoms with Crippen LogP contribution in [0.2, 0.25) is 0 Å². The molecule has 0 fully saturated rings. The number of carbonyl (C=O) groups excluding carboxylic acids is 1. The molecule has 0 amide bonds. The van der Waals surface area contributed by atoms with Crippen molar-refractivity contribution in [2.45, 2.75) is 91.1 Å². The maximum Gasteiger partial charge on any atom is 0.306 e. The Hall–Kier alpha value is -0.530. The average molecular weight is 242 g/mol. The van der Waals surface area contributed by atoms with Crippen LogP contribution in [-0.2, 0) is 9.53 Å². The van der Waals surface area contributed by atoms with E-state index in [0.717, 1.165) is 12.8 Å². The van der Waals surface area contributed by atoms with Crippen LogP contribution in [0, 0.1) is 0 Å². The fraction of sp³-hybridized carbons (Fsp3) is 0.933. The molecule has 0 spiro atoms. The van der Waals surface area contributed by atoms with Crippen LogP contribution in [0.5, 0.6) is 0 Å². The maximum absolute atomic E-state index is 11.2. The first kappa shape index (κ1) is 16.5. The van der Waals surface area contributed by atoms with Gasteiger partial charge in [0.15, 0.2) is 0 Å². The minimum Gasteiger partial charge on any atom is -0.463 e. The standard InChI is InChI=1S/C15H30O2/c1-4-6-7-8-9-10-11-13-14(3)17-15(16)12-5-2/h14H,4-13H2,1-3H3. The molecule has 1 unspecified atom stereocenters. The predicted octanol–water partition coefficient (Wildman–Crippen LogP) is 4.86. The van der Waals surface area contributed by atoms with Crippen molar-refractivity contribution in [2.24, 2.45) is 0 Å². The van der Waals surface area contributed by atoms with Crippen LogP contribution in [0.3, 0.4) is 0 Å². The molecule has 0 saturated heterocycles. The number of rotatable bonds is 11. The number of hydrogen-bond acceptors (Lipinski definition) is 2. The summed E-state index contributed by atoms with van der Waals surface area (Å²) >= 11 is 0. The van der Waals surface area contributed by atoms with Gasteiger partial charge < -0.3 is 4.74 Å². The summed E-state index contributed by atoms with van der Waals surface area (Å²) in [7, 11) is 0. The first-order valence-corrected chi connectivity index (χ1v) is 7.40. The van der Waals surface area contributed by atoms with E-state index in [9.17, 15) is 4.79 Å². The first-order valence-electron chi connectivity index (χ1n) is 7.40. The molecule has 0 rings (SSSR count). The quantitative estimate of drug-likeness (QED) is 0.382. The molecule has 0 bridgehead atoms. The molecule has 0 aromatic rings. The van der Waals surface area contributed by atoms with Crippen molar-refractivity contribution in [3.05, 3.63) is 0 Å². The molecule has 0 aliphatic carbocycles. The van der Waals surface area contributed by atoms with E-state index in [0.29, 0.717) is 6.42 Å². The molecule has 0 aromatic carbocycles. The van der Waals surface area contributed by atoms with Gasteiger partial charge in [-0.1, -0.05) is 52.4 Å². The molecule has 102 valence electrons. The molecule has 0 aliphatic heterocycles. The molecular formula is C15H30O2. The van der Waals surface area contributed by atoms with Crippen molar-refractivity contribution in [1.82, 2.24) is 0 Å². The normalized spacial score (nSPS) is 12.4. The number of ether oxygens (including phenoxy) is 1. The summed E-state index contributed by atoms with van der Waals surface area (Å²) in [5.41, 5.74) is 0. The van der Waals surface area contributed by atoms with E-state index in [-0.39, 0.29) is 12.1 Å². The summed E-state index contributed by atoms with van der Waals surface area (Å²) in [6, 6.07) is 0. The topological polar surface area (TPSA) is 26.3 Å². The highest BCUT2D eigenvalue weighted by Gasteiger charge is 2.07. The van der Waals surface area contributed by atoms with E-state index in [1.165, 1.54) is 44.9 Å². The van der Waals surface area contributed by atoms with Crippen molar-refractivity contribution in [3.8, 4) is 0 Å². The zero-order valence-electron chi connectivity index (χ0n) is 12.0. The Morgan fingerprint density at radius 3 is 2.12 bits per heavy atom. The smallest absolute Gasteiger partial charge is 0.306 e. The molecule has 2 heteroatoms. The van der Waals surface area contributed by atoms with Crippen LogP contribution in [0.25, 0.3) is 0 Å². The van der Waals surface area contributed by atoms with Gasteiger partial charge in [-0.3, -0.25) is 4.79 Å². The van der Waals surface area contributed by atoms with Crippen molar-refractivity contribution >= 4 is 5.97 Å². The molecule has 0 aliphatic rings. The third-order valence-electron chi connectivity index (χ3n) is 3.00. The van der Waals surface area contributed by atoms with Gasteiger partial charge in [0, 0.05) is 6.42 Å². The van der Waals surface area contributed by atoms with Gasteiger partial charge >= 0.3 is 5.97 Å². The average Bonchev–Trinajstić information content (AvgIpc) is 2.28. The van der Waals surface area contributed by atoms with Crippen LogP contribution >= 0.6 is 0 Å². The van der Waals surface area contributed by atoms with Crippen LogP contribution < -0.4 is 0 Å². The molecule has 0 aromatic heterocycles. The summed E-state index contributed by atoms with van der Waals surface area (Å²) in [6.45, 7) is 6.25. The zero-order valence-corrected chi connectivity index (χ0v) is 12.0. The van der Waals surface area contributed by atoms with Gasteiger partial charge in [-0.05, 0) is 26.2 Å². The highest BCUT2D eigenvalue weighted by Crippen LogP contribution is 2.11. The number of carbonyl (C=O) groups is 1. The lowest BCUT2D eigenvalue weighted by Gasteiger charge is -2.12. The lowest BCUT2D eigenvalue weighted by Crippen LogP contribution is -2.14. The molecular weight excluding hydrogens is 212 g/mol. The summed E-state index contributed by atoms with van der Waals surface area (Å²) in [5, 5.41) is 0. The Morgan fingerprint density at radius 1 is 0.941 bits per heavy atom. The summed E-state index contributed by atoms with van der Waals surface area (Å²) in [4.78, 5) is 11.2. The zero-order chi connectivity index (χ0) is 12.9. The van der Waals surface area contributed by atoms with Gasteiger partial charge in [-0.15, -0.1) is 0 Å². The molecule has 2 nitrogen and oxygen atoms in total. The van der Waals surface area contributed by atoms with Gasteiger partial charge in [0.25, 0.3) is 0 Å². The third-order valence-corrected chi connectivity index (χ3v) is 3.00. The second-order valence-corrected chi connectivity index (χ2v) is 4.96. The Morgan fingerprint density at radius 2 is 1.53 bits per heavy atom. The lowest BCUT2D eigenvalue weighted by molar-refractivity contribution is -0.148. The predicted molar refractivity (Wildman–Crippen MR) is 73.1 cm³/mol. The van der Waals surface area contributed by atoms with Crippen molar-refractivity contribution in [2.75, 3.05) is 0 Å². The fourth-order valence-corrected chi connectivity index (χ4v) is 1.94. The van der Waals surface area contributed by atoms with E-state index in [1.807, 2.05) is 13.8 Å². The molecule has 0 radical (unpaired) electrons. The van der Waals surface area contributed by atoms with E-state index >= 15 is 0 Å². The van der Waals surface area contributed by atoms with E-state index in [2.05, 4.69) is 6.92 Å². The van der Waals surface area contributed by atoms with Gasteiger partial charge in [-0.25, -0.2) is 0 Å². The molecule has 0 saturated carbocycles. The SMILES string of the molecule is CCCCCCCCCC(C)OC(=O)CCC. The van der Waals surface area contributed by atoms with Gasteiger partial charge in [0.1, 0.15) is 0 Å². The van der Waals surface area contributed by atoms with E-state index in [4.69, 9.17) is 4.74 Å². The van der Waals surface area contributed by atoms with Crippen molar-refractivity contribution < 1.29 is 9.53 Å². The van der Waals surface area contributed by atoms with Crippen molar-refractivity contribution in [3.63, 3.8) is 0 Å². The maximum atomic E-state index is 11.2. The van der Waals surface area contributed by atoms with Gasteiger partial charge in [0.2, 0.25) is 0 Å². The Kier molecular flexibility index (Phi) is 11.6. The molecule has 0 heterocycles. The minimum absolute atomic E-state index is 0.0389. The van der Waals surface area contributed by atoms with E-state index < -0.39 is 0 Å². The Bertz CT molecular complexity index is 178. The number of hydrogen-bond donors (Lipinski definition) is 0.